The number of nitriles is 1. The number of esters is 1. The number of nitrogens with one attached hydrogen (secondary N) is 2. The molecule has 2 N–H and O–H groups in total. The van der Waals surface area contributed by atoms with Crippen molar-refractivity contribution in [2.24, 2.45) is 0 Å². The van der Waals surface area contributed by atoms with E-state index in [1.54, 1.807) is 44.0 Å². The zero-order valence-electron chi connectivity index (χ0n) is 20.9. The molecular weight excluding hydrogens is 482 g/mol. The lowest BCUT2D eigenvalue weighted by Crippen LogP contribution is -2.47. The Labute approximate surface area is 211 Å². The Kier molecular flexibility index (Phi) is 7.20. The van der Waals surface area contributed by atoms with E-state index in [2.05, 4.69) is 16.4 Å². The number of carbonyl (C=O) groups excluding carboxylic acids is 1. The molecule has 1 aliphatic carbocycles. The first-order valence-corrected chi connectivity index (χ1v) is 13.4. The number of aromatic nitrogens is 3. The molecule has 0 saturated carbocycles. The van der Waals surface area contributed by atoms with Crippen LogP contribution in [0.5, 0.6) is 0 Å². The summed E-state index contributed by atoms with van der Waals surface area (Å²) in [6.45, 7) is 5.48. The maximum absolute atomic E-state index is 12.8. The fourth-order valence-corrected chi connectivity index (χ4v) is 5.13. The molecule has 0 bridgehead atoms. The molecule has 2 unspecified atom stereocenters. The normalized spacial score (nSPS) is 25.1. The first-order chi connectivity index (χ1) is 17.0. The average molecular weight is 514 g/mol. The van der Waals surface area contributed by atoms with Gasteiger partial charge in [-0.15, -0.1) is 0 Å². The summed E-state index contributed by atoms with van der Waals surface area (Å²) in [7, 11) is -1.06. The van der Waals surface area contributed by atoms with Crippen LogP contribution in [0.15, 0.2) is 40.2 Å². The van der Waals surface area contributed by atoms with Gasteiger partial charge in [-0.25, -0.2) is 4.79 Å². The highest BCUT2D eigenvalue weighted by molar-refractivity contribution is 7.88. The molecule has 0 aromatic carbocycles. The number of ether oxygens (including phenoxy) is 2. The Morgan fingerprint density at radius 2 is 2.25 bits per heavy atom. The van der Waals surface area contributed by atoms with Crippen molar-refractivity contribution in [2.45, 2.75) is 69.7 Å². The van der Waals surface area contributed by atoms with Crippen molar-refractivity contribution in [3.8, 4) is 6.07 Å². The number of nitrogens with zero attached hydrogens (tertiary/aromatic N) is 3. The van der Waals surface area contributed by atoms with Crippen LogP contribution in [-0.2, 0) is 30.6 Å². The van der Waals surface area contributed by atoms with Crippen LogP contribution in [0, 0.1) is 11.3 Å². The van der Waals surface area contributed by atoms with Gasteiger partial charge in [0.1, 0.15) is 11.0 Å². The summed E-state index contributed by atoms with van der Waals surface area (Å²) >= 11 is 0. The maximum Gasteiger partial charge on any atom is 0.335 e. The number of aromatic amines is 1. The lowest BCUT2D eigenvalue weighted by atomic mass is 9.87. The third-order valence-corrected chi connectivity index (χ3v) is 7.24. The molecular formula is C25H31N5O5S. The summed E-state index contributed by atoms with van der Waals surface area (Å²) in [6.07, 6.45) is 9.56. The van der Waals surface area contributed by atoms with Crippen molar-refractivity contribution in [2.75, 3.05) is 18.2 Å². The molecule has 0 radical (unpaired) electrons. The van der Waals surface area contributed by atoms with Crippen LogP contribution in [0.2, 0.25) is 0 Å². The van der Waals surface area contributed by atoms with Gasteiger partial charge in [0.2, 0.25) is 0 Å². The number of rotatable bonds is 6. The molecule has 192 valence electrons. The molecule has 4 rings (SSSR count). The molecule has 2 aliphatic rings. The van der Waals surface area contributed by atoms with E-state index in [0.717, 1.165) is 4.91 Å². The quantitative estimate of drug-likeness (QED) is 0.562. The zero-order valence-corrected chi connectivity index (χ0v) is 21.7. The molecule has 10 nitrogen and oxygen atoms in total. The first-order valence-electron chi connectivity index (χ1n) is 11.8. The van der Waals surface area contributed by atoms with Gasteiger partial charge in [-0.05, 0) is 52.2 Å². The molecule has 1 fully saturated rings. The van der Waals surface area contributed by atoms with Crippen LogP contribution in [-0.4, -0.2) is 55.6 Å². The fourth-order valence-electron chi connectivity index (χ4n) is 4.53. The molecule has 1 aliphatic heterocycles. The van der Waals surface area contributed by atoms with Gasteiger partial charge in [0, 0.05) is 34.2 Å². The summed E-state index contributed by atoms with van der Waals surface area (Å²) in [5, 5.41) is 18.1. The second-order valence-electron chi connectivity index (χ2n) is 10.2. The average Bonchev–Trinajstić information content (AvgIpc) is 3.19. The number of fused-ring (bicyclic) bond motifs is 1. The topological polar surface area (TPSA) is 139 Å². The number of anilines is 1. The highest BCUT2D eigenvalue weighted by Crippen LogP contribution is 2.37. The zero-order chi connectivity index (χ0) is 26.1. The summed E-state index contributed by atoms with van der Waals surface area (Å²) in [4.78, 5) is 28.8. The van der Waals surface area contributed by atoms with Crippen molar-refractivity contribution < 1.29 is 18.5 Å². The van der Waals surface area contributed by atoms with Gasteiger partial charge < -0.3 is 19.8 Å². The highest BCUT2D eigenvalue weighted by Gasteiger charge is 2.43. The third-order valence-electron chi connectivity index (χ3n) is 6.28. The highest BCUT2D eigenvalue weighted by atomic mass is 32.2. The second-order valence-corrected chi connectivity index (χ2v) is 11.5. The van der Waals surface area contributed by atoms with Crippen molar-refractivity contribution in [1.29, 1.82) is 5.26 Å². The molecule has 0 spiro atoms. The molecule has 4 atom stereocenters. The van der Waals surface area contributed by atoms with Gasteiger partial charge >= 0.3 is 5.97 Å². The lowest BCUT2D eigenvalue weighted by Gasteiger charge is -2.39. The molecule has 3 heterocycles. The number of hydrogen-bond acceptors (Lipinski definition) is 8. The minimum Gasteiger partial charge on any atom is -0.458 e. The largest absolute Gasteiger partial charge is 0.458 e. The van der Waals surface area contributed by atoms with E-state index in [1.165, 1.54) is 0 Å². The van der Waals surface area contributed by atoms with E-state index >= 15 is 0 Å². The van der Waals surface area contributed by atoms with E-state index in [0.29, 0.717) is 36.0 Å². The summed E-state index contributed by atoms with van der Waals surface area (Å²) < 4.78 is 24.8. The number of H-pyrrole nitrogens is 1. The number of pyridine rings is 1. The molecule has 1 saturated heterocycles. The first kappa shape index (κ1) is 25.9. The van der Waals surface area contributed by atoms with Crippen LogP contribution in [0.4, 0.5) is 5.82 Å². The minimum atomic E-state index is -1.06. The minimum absolute atomic E-state index is 0.0746. The number of allylic oxidation sites excluding steroid dienone is 1. The summed E-state index contributed by atoms with van der Waals surface area (Å²) in [5.41, 5.74) is -1.21. The summed E-state index contributed by atoms with van der Waals surface area (Å²) in [6, 6.07) is 3.84. The molecule has 36 heavy (non-hydrogen) atoms. The third kappa shape index (κ3) is 5.29. The Morgan fingerprint density at radius 3 is 2.83 bits per heavy atom. The van der Waals surface area contributed by atoms with Crippen LogP contribution in [0.3, 0.4) is 0 Å². The Hall–Kier alpha value is -3.23. The Bertz CT molecular complexity index is 1340. The monoisotopic (exact) mass is 513 g/mol. The Morgan fingerprint density at radius 1 is 1.47 bits per heavy atom. The summed E-state index contributed by atoms with van der Waals surface area (Å²) in [5.74, 6) is -0.0377. The van der Waals surface area contributed by atoms with E-state index in [4.69, 9.17) is 14.6 Å². The van der Waals surface area contributed by atoms with E-state index in [-0.39, 0.29) is 24.6 Å². The number of hydrogen-bond donors (Lipinski definition) is 2. The van der Waals surface area contributed by atoms with Gasteiger partial charge in [-0.2, -0.15) is 10.4 Å². The fraction of sp³-hybridized carbons (Fsp3) is 0.520. The standard InChI is InChI=1S/C25H31N5O5S/c1-24(2,3)35-23(32)19-9-11-25(12-13-26,15-34-19)30-18-10-14-27-22(31)20(18)21(29-30)28-16-5-7-17(8-6-16)36(4)33/h5,7-8,10,14,16,19H,6,9,11-12,15H2,1-4H3,(H,27,31)(H,28,29)/t16?,19-,25+,36?/m0/s1. The van der Waals surface area contributed by atoms with Gasteiger partial charge in [0.05, 0.1) is 30.2 Å². The van der Waals surface area contributed by atoms with Gasteiger partial charge in [-0.1, -0.05) is 12.2 Å². The van der Waals surface area contributed by atoms with Gasteiger partial charge in [-0.3, -0.25) is 13.7 Å². The Balaban J connectivity index is 1.65. The SMILES string of the molecule is CS(=O)C1=CCC(Nc2nn([C@@]3(CC#N)CC[C@@H](C(=O)OC(C)(C)C)OC3)c3cc[nH]c(=O)c23)C=C1. The van der Waals surface area contributed by atoms with E-state index in [1.807, 2.05) is 18.2 Å². The van der Waals surface area contributed by atoms with Crippen LogP contribution in [0.1, 0.15) is 46.5 Å². The predicted molar refractivity (Wildman–Crippen MR) is 137 cm³/mol. The van der Waals surface area contributed by atoms with Crippen LogP contribution >= 0.6 is 0 Å². The smallest absolute Gasteiger partial charge is 0.335 e. The van der Waals surface area contributed by atoms with E-state index in [9.17, 15) is 19.1 Å². The van der Waals surface area contributed by atoms with Crippen molar-refractivity contribution in [3.05, 3.63) is 45.8 Å². The van der Waals surface area contributed by atoms with Crippen molar-refractivity contribution in [1.82, 2.24) is 14.8 Å². The van der Waals surface area contributed by atoms with Crippen LogP contribution < -0.4 is 10.9 Å². The van der Waals surface area contributed by atoms with Gasteiger partial charge in [0.25, 0.3) is 5.56 Å². The number of carbonyl (C=O) groups is 1. The van der Waals surface area contributed by atoms with Crippen LogP contribution in [0.25, 0.3) is 10.9 Å². The van der Waals surface area contributed by atoms with E-state index < -0.39 is 34.0 Å². The maximum atomic E-state index is 12.8. The molecule has 0 amide bonds. The molecule has 2 aromatic heterocycles. The molecule has 2 aromatic rings. The second kappa shape index (κ2) is 10.0. The van der Waals surface area contributed by atoms with Crippen molar-refractivity contribution >= 4 is 33.5 Å². The van der Waals surface area contributed by atoms with Gasteiger partial charge in [0.15, 0.2) is 11.9 Å². The van der Waals surface area contributed by atoms with Crippen molar-refractivity contribution in [3.63, 3.8) is 0 Å². The lowest BCUT2D eigenvalue weighted by molar-refractivity contribution is -0.176. The molecule has 11 heteroatoms. The predicted octanol–water partition coefficient (Wildman–Crippen LogP) is 2.86.